The second-order valence-electron chi connectivity index (χ2n) is 5.70. The molecule has 0 aliphatic heterocycles. The minimum absolute atomic E-state index is 0.558. The second kappa shape index (κ2) is 4.21. The highest BCUT2D eigenvalue weighted by Crippen LogP contribution is 2.40. The van der Waals surface area contributed by atoms with Crippen molar-refractivity contribution in [3.8, 4) is 0 Å². The normalized spacial score (nSPS) is 19.8. The zero-order valence-electron chi connectivity index (χ0n) is 10.5. The highest BCUT2D eigenvalue weighted by Gasteiger charge is 2.32. The SMILES string of the molecule is CC(C)c1ccc(C(C)(O)CC2CC2)cc1. The van der Waals surface area contributed by atoms with Gasteiger partial charge in [-0.15, -0.1) is 0 Å². The third-order valence-corrected chi connectivity index (χ3v) is 3.58. The number of hydrogen-bond donors (Lipinski definition) is 1. The van der Waals surface area contributed by atoms with E-state index in [1.807, 2.05) is 6.92 Å². The van der Waals surface area contributed by atoms with Crippen LogP contribution in [0.25, 0.3) is 0 Å². The monoisotopic (exact) mass is 218 g/mol. The lowest BCUT2D eigenvalue weighted by Gasteiger charge is -2.24. The average Bonchev–Trinajstić information content (AvgIpc) is 3.01. The van der Waals surface area contributed by atoms with Gasteiger partial charge in [-0.1, -0.05) is 51.0 Å². The minimum Gasteiger partial charge on any atom is -0.385 e. The summed E-state index contributed by atoms with van der Waals surface area (Å²) in [5.74, 6) is 1.31. The predicted molar refractivity (Wildman–Crippen MR) is 67.4 cm³/mol. The van der Waals surface area contributed by atoms with Crippen LogP contribution in [-0.2, 0) is 5.60 Å². The molecule has 1 aromatic carbocycles. The Morgan fingerprint density at radius 1 is 1.25 bits per heavy atom. The third kappa shape index (κ3) is 2.65. The standard InChI is InChI=1S/C15H22O/c1-11(2)13-6-8-14(9-7-13)15(3,16)10-12-4-5-12/h6-9,11-12,16H,4-5,10H2,1-3H3. The zero-order chi connectivity index (χ0) is 11.8. The summed E-state index contributed by atoms with van der Waals surface area (Å²) < 4.78 is 0. The fraction of sp³-hybridized carbons (Fsp3) is 0.600. The molecule has 1 N–H and O–H groups in total. The summed E-state index contributed by atoms with van der Waals surface area (Å²) in [6.07, 6.45) is 3.49. The molecule has 0 aromatic heterocycles. The minimum atomic E-state index is -0.642. The maximum Gasteiger partial charge on any atom is 0.0871 e. The molecule has 1 saturated carbocycles. The molecule has 0 spiro atoms. The van der Waals surface area contributed by atoms with Crippen LogP contribution >= 0.6 is 0 Å². The molecule has 0 saturated heterocycles. The molecule has 1 aliphatic carbocycles. The number of benzene rings is 1. The number of hydrogen-bond acceptors (Lipinski definition) is 1. The van der Waals surface area contributed by atoms with E-state index in [1.165, 1.54) is 18.4 Å². The van der Waals surface area contributed by atoms with E-state index >= 15 is 0 Å². The van der Waals surface area contributed by atoms with Crippen molar-refractivity contribution >= 4 is 0 Å². The van der Waals surface area contributed by atoms with Gasteiger partial charge in [0.2, 0.25) is 0 Å². The molecule has 2 rings (SSSR count). The summed E-state index contributed by atoms with van der Waals surface area (Å²) in [5, 5.41) is 10.4. The molecule has 0 radical (unpaired) electrons. The fourth-order valence-electron chi connectivity index (χ4n) is 2.23. The van der Waals surface area contributed by atoms with Crippen LogP contribution in [0.2, 0.25) is 0 Å². The Bertz CT molecular complexity index is 344. The molecule has 1 aromatic rings. The Balaban J connectivity index is 2.12. The van der Waals surface area contributed by atoms with Crippen LogP contribution in [0.15, 0.2) is 24.3 Å². The zero-order valence-corrected chi connectivity index (χ0v) is 10.5. The highest BCUT2D eigenvalue weighted by atomic mass is 16.3. The molecular weight excluding hydrogens is 196 g/mol. The summed E-state index contributed by atoms with van der Waals surface area (Å²) >= 11 is 0. The molecular formula is C15H22O. The summed E-state index contributed by atoms with van der Waals surface area (Å²) in [6.45, 7) is 6.32. The van der Waals surface area contributed by atoms with Gasteiger partial charge < -0.3 is 5.11 Å². The van der Waals surface area contributed by atoms with Crippen molar-refractivity contribution in [1.29, 1.82) is 0 Å². The van der Waals surface area contributed by atoms with Crippen molar-refractivity contribution in [2.75, 3.05) is 0 Å². The smallest absolute Gasteiger partial charge is 0.0871 e. The molecule has 1 nitrogen and oxygen atoms in total. The molecule has 1 heteroatoms. The van der Waals surface area contributed by atoms with Gasteiger partial charge in [0.1, 0.15) is 0 Å². The summed E-state index contributed by atoms with van der Waals surface area (Å²) in [7, 11) is 0. The molecule has 1 aliphatic rings. The topological polar surface area (TPSA) is 20.2 Å². The second-order valence-corrected chi connectivity index (χ2v) is 5.70. The third-order valence-electron chi connectivity index (χ3n) is 3.58. The van der Waals surface area contributed by atoms with Gasteiger partial charge in [0, 0.05) is 0 Å². The van der Waals surface area contributed by atoms with E-state index in [2.05, 4.69) is 38.1 Å². The Hall–Kier alpha value is -0.820. The van der Waals surface area contributed by atoms with Gasteiger partial charge in [-0.3, -0.25) is 0 Å². The first kappa shape index (κ1) is 11.7. The average molecular weight is 218 g/mol. The highest BCUT2D eigenvalue weighted by molar-refractivity contribution is 5.28. The van der Waals surface area contributed by atoms with Crippen LogP contribution in [0.3, 0.4) is 0 Å². The Labute approximate surface area is 98.5 Å². The predicted octanol–water partition coefficient (Wildman–Crippen LogP) is 3.82. The van der Waals surface area contributed by atoms with Crippen LogP contribution in [-0.4, -0.2) is 5.11 Å². The van der Waals surface area contributed by atoms with E-state index < -0.39 is 5.60 Å². The van der Waals surface area contributed by atoms with Gasteiger partial charge >= 0.3 is 0 Å². The quantitative estimate of drug-likeness (QED) is 0.814. The number of rotatable bonds is 4. The molecule has 1 unspecified atom stereocenters. The van der Waals surface area contributed by atoms with Crippen LogP contribution in [0.4, 0.5) is 0 Å². The van der Waals surface area contributed by atoms with E-state index in [9.17, 15) is 5.11 Å². The van der Waals surface area contributed by atoms with Crippen molar-refractivity contribution < 1.29 is 5.11 Å². The molecule has 1 atom stereocenters. The van der Waals surface area contributed by atoms with E-state index in [1.54, 1.807) is 0 Å². The van der Waals surface area contributed by atoms with E-state index in [0.717, 1.165) is 17.9 Å². The van der Waals surface area contributed by atoms with Crippen LogP contribution in [0, 0.1) is 5.92 Å². The molecule has 0 amide bonds. The molecule has 16 heavy (non-hydrogen) atoms. The van der Waals surface area contributed by atoms with Gasteiger partial charge in [0.15, 0.2) is 0 Å². The first-order valence-corrected chi connectivity index (χ1v) is 6.32. The Morgan fingerprint density at radius 2 is 1.81 bits per heavy atom. The van der Waals surface area contributed by atoms with Gasteiger partial charge in [-0.2, -0.15) is 0 Å². The maximum atomic E-state index is 10.4. The fourth-order valence-corrected chi connectivity index (χ4v) is 2.23. The lowest BCUT2D eigenvalue weighted by molar-refractivity contribution is 0.0417. The van der Waals surface area contributed by atoms with Crippen LogP contribution in [0.5, 0.6) is 0 Å². The van der Waals surface area contributed by atoms with Gasteiger partial charge in [-0.05, 0) is 36.3 Å². The van der Waals surface area contributed by atoms with E-state index in [0.29, 0.717) is 5.92 Å². The van der Waals surface area contributed by atoms with Crippen molar-refractivity contribution in [1.82, 2.24) is 0 Å². The summed E-state index contributed by atoms with van der Waals surface area (Å²) in [6, 6.07) is 8.44. The van der Waals surface area contributed by atoms with Gasteiger partial charge in [0.25, 0.3) is 0 Å². The van der Waals surface area contributed by atoms with Crippen molar-refractivity contribution in [2.24, 2.45) is 5.92 Å². The first-order valence-electron chi connectivity index (χ1n) is 6.32. The Morgan fingerprint density at radius 3 is 2.25 bits per heavy atom. The van der Waals surface area contributed by atoms with Crippen molar-refractivity contribution in [3.05, 3.63) is 35.4 Å². The molecule has 0 heterocycles. The largest absolute Gasteiger partial charge is 0.385 e. The maximum absolute atomic E-state index is 10.4. The van der Waals surface area contributed by atoms with Crippen molar-refractivity contribution in [2.45, 2.75) is 51.6 Å². The van der Waals surface area contributed by atoms with E-state index in [-0.39, 0.29) is 0 Å². The molecule has 1 fully saturated rings. The van der Waals surface area contributed by atoms with Crippen molar-refractivity contribution in [3.63, 3.8) is 0 Å². The Kier molecular flexibility index (Phi) is 3.07. The van der Waals surface area contributed by atoms with E-state index in [4.69, 9.17) is 0 Å². The lowest BCUT2D eigenvalue weighted by Crippen LogP contribution is -2.21. The first-order chi connectivity index (χ1) is 7.49. The molecule has 0 bridgehead atoms. The van der Waals surface area contributed by atoms with Gasteiger partial charge in [0.05, 0.1) is 5.60 Å². The molecule has 88 valence electrons. The van der Waals surface area contributed by atoms with Crippen LogP contribution in [0.1, 0.15) is 57.1 Å². The lowest BCUT2D eigenvalue weighted by atomic mass is 9.89. The summed E-state index contributed by atoms with van der Waals surface area (Å²) in [4.78, 5) is 0. The van der Waals surface area contributed by atoms with Gasteiger partial charge in [-0.25, -0.2) is 0 Å². The van der Waals surface area contributed by atoms with Crippen LogP contribution < -0.4 is 0 Å². The summed E-state index contributed by atoms with van der Waals surface area (Å²) in [5.41, 5.74) is 1.76. The number of aliphatic hydroxyl groups is 1.